The van der Waals surface area contributed by atoms with E-state index in [0.717, 1.165) is 23.7 Å². The molecule has 1 aromatic rings. The molecule has 1 aliphatic carbocycles. The van der Waals surface area contributed by atoms with Gasteiger partial charge in [-0.25, -0.2) is 0 Å². The summed E-state index contributed by atoms with van der Waals surface area (Å²) in [7, 11) is 0. The Kier molecular flexibility index (Phi) is 2.45. The Morgan fingerprint density at radius 2 is 2.00 bits per heavy atom. The molecule has 2 N–H and O–H groups in total. The molecule has 14 heavy (non-hydrogen) atoms. The third-order valence-electron chi connectivity index (χ3n) is 2.82. The smallest absolute Gasteiger partial charge is 0.183 e. The van der Waals surface area contributed by atoms with E-state index in [1.807, 2.05) is 24.3 Å². The van der Waals surface area contributed by atoms with Crippen LogP contribution in [0.5, 0.6) is 0 Å². The fourth-order valence-corrected chi connectivity index (χ4v) is 2.16. The number of nitrogens with two attached hydrogens (primary N) is 1. The molecule has 1 fully saturated rings. The lowest BCUT2D eigenvalue weighted by molar-refractivity contribution is 0.0800. The van der Waals surface area contributed by atoms with Crippen LogP contribution in [-0.2, 0) is 0 Å². The molecule has 3 heteroatoms. The van der Waals surface area contributed by atoms with Gasteiger partial charge in [0.1, 0.15) is 0 Å². The average molecular weight is 254 g/mol. The van der Waals surface area contributed by atoms with Crippen molar-refractivity contribution in [2.24, 2.45) is 5.73 Å². The first kappa shape index (κ1) is 9.87. The first-order valence-corrected chi connectivity index (χ1v) is 5.51. The highest BCUT2D eigenvalue weighted by Gasteiger charge is 2.40. The molecule has 0 heterocycles. The number of carbonyl (C=O) groups is 1. The van der Waals surface area contributed by atoms with Crippen LogP contribution in [-0.4, -0.2) is 11.3 Å². The number of hydrogen-bond donors (Lipinski definition) is 1. The number of halogens is 1. The molecule has 0 aliphatic heterocycles. The maximum Gasteiger partial charge on any atom is 0.183 e. The van der Waals surface area contributed by atoms with Gasteiger partial charge in [0.05, 0.1) is 5.54 Å². The van der Waals surface area contributed by atoms with Gasteiger partial charge in [-0.05, 0) is 25.3 Å². The second-order valence-corrected chi connectivity index (χ2v) is 4.67. The minimum atomic E-state index is -0.593. The van der Waals surface area contributed by atoms with E-state index in [2.05, 4.69) is 15.9 Å². The molecule has 0 unspecified atom stereocenters. The summed E-state index contributed by atoms with van der Waals surface area (Å²) in [5.74, 6) is 0.0659. The lowest BCUT2D eigenvalue weighted by Crippen LogP contribution is -2.53. The molecule has 0 saturated heterocycles. The van der Waals surface area contributed by atoms with Crippen LogP contribution in [0.2, 0.25) is 0 Å². The summed E-state index contributed by atoms with van der Waals surface area (Å²) < 4.78 is 0.835. The van der Waals surface area contributed by atoms with Crippen LogP contribution >= 0.6 is 15.9 Å². The van der Waals surface area contributed by atoms with Crippen LogP contribution in [0.25, 0.3) is 0 Å². The van der Waals surface area contributed by atoms with E-state index < -0.39 is 5.54 Å². The zero-order valence-corrected chi connectivity index (χ0v) is 9.38. The van der Waals surface area contributed by atoms with Crippen LogP contribution < -0.4 is 5.73 Å². The van der Waals surface area contributed by atoms with E-state index in [1.165, 1.54) is 0 Å². The molecule has 0 atom stereocenters. The van der Waals surface area contributed by atoms with Gasteiger partial charge in [0.25, 0.3) is 0 Å². The van der Waals surface area contributed by atoms with Crippen molar-refractivity contribution in [1.29, 1.82) is 0 Å². The van der Waals surface area contributed by atoms with Crippen LogP contribution in [0, 0.1) is 0 Å². The zero-order chi connectivity index (χ0) is 10.2. The Bertz CT molecular complexity index is 371. The molecule has 0 spiro atoms. The SMILES string of the molecule is NC1(C(=O)c2ccccc2Br)CCC1. The Labute approximate surface area is 91.6 Å². The maximum absolute atomic E-state index is 12.0. The van der Waals surface area contributed by atoms with Crippen LogP contribution in [0.1, 0.15) is 29.6 Å². The number of hydrogen-bond acceptors (Lipinski definition) is 2. The van der Waals surface area contributed by atoms with Crippen molar-refractivity contribution in [2.45, 2.75) is 24.8 Å². The van der Waals surface area contributed by atoms with Crippen LogP contribution in [0.3, 0.4) is 0 Å². The summed E-state index contributed by atoms with van der Waals surface area (Å²) in [5.41, 5.74) is 6.09. The minimum Gasteiger partial charge on any atom is -0.319 e. The highest BCUT2D eigenvalue weighted by atomic mass is 79.9. The molecular formula is C11H12BrNO. The molecule has 0 aromatic heterocycles. The fraction of sp³-hybridized carbons (Fsp3) is 0.364. The van der Waals surface area contributed by atoms with Gasteiger partial charge < -0.3 is 5.73 Å². The van der Waals surface area contributed by atoms with Gasteiger partial charge in [-0.2, -0.15) is 0 Å². The summed E-state index contributed by atoms with van der Waals surface area (Å²) in [6, 6.07) is 7.44. The first-order valence-electron chi connectivity index (χ1n) is 4.72. The van der Waals surface area contributed by atoms with Gasteiger partial charge in [0.15, 0.2) is 5.78 Å². The maximum atomic E-state index is 12.0. The molecule has 2 rings (SSSR count). The third kappa shape index (κ3) is 1.51. The van der Waals surface area contributed by atoms with Crippen molar-refractivity contribution in [3.05, 3.63) is 34.3 Å². The van der Waals surface area contributed by atoms with Crippen molar-refractivity contribution in [3.8, 4) is 0 Å². The molecular weight excluding hydrogens is 242 g/mol. The number of ketones is 1. The second kappa shape index (κ2) is 3.48. The van der Waals surface area contributed by atoms with Crippen molar-refractivity contribution >= 4 is 21.7 Å². The summed E-state index contributed by atoms with van der Waals surface area (Å²) >= 11 is 3.37. The second-order valence-electron chi connectivity index (χ2n) is 3.82. The Morgan fingerprint density at radius 1 is 1.36 bits per heavy atom. The molecule has 1 saturated carbocycles. The zero-order valence-electron chi connectivity index (χ0n) is 7.79. The lowest BCUT2D eigenvalue weighted by Gasteiger charge is -2.36. The summed E-state index contributed by atoms with van der Waals surface area (Å²) in [4.78, 5) is 12.0. The van der Waals surface area contributed by atoms with E-state index in [1.54, 1.807) is 0 Å². The summed E-state index contributed by atoms with van der Waals surface area (Å²) in [6.07, 6.45) is 2.69. The van der Waals surface area contributed by atoms with E-state index >= 15 is 0 Å². The number of carbonyl (C=O) groups excluding carboxylic acids is 1. The molecule has 2 nitrogen and oxygen atoms in total. The molecule has 0 radical (unpaired) electrons. The lowest BCUT2D eigenvalue weighted by atomic mass is 9.73. The highest BCUT2D eigenvalue weighted by Crippen LogP contribution is 2.34. The van der Waals surface area contributed by atoms with Gasteiger partial charge >= 0.3 is 0 Å². The Hall–Kier alpha value is -0.670. The Balaban J connectivity index is 2.32. The van der Waals surface area contributed by atoms with E-state index in [-0.39, 0.29) is 5.78 Å². The van der Waals surface area contributed by atoms with Crippen molar-refractivity contribution < 1.29 is 4.79 Å². The summed E-state index contributed by atoms with van der Waals surface area (Å²) in [6.45, 7) is 0. The Morgan fingerprint density at radius 3 is 2.50 bits per heavy atom. The fourth-order valence-electron chi connectivity index (χ4n) is 1.70. The largest absolute Gasteiger partial charge is 0.319 e. The summed E-state index contributed by atoms with van der Waals surface area (Å²) in [5, 5.41) is 0. The first-order chi connectivity index (χ1) is 6.63. The molecule has 1 aromatic carbocycles. The number of rotatable bonds is 2. The van der Waals surface area contributed by atoms with Gasteiger partial charge in [-0.15, -0.1) is 0 Å². The standard InChI is InChI=1S/C11H12BrNO/c12-9-5-2-1-4-8(9)10(14)11(13)6-3-7-11/h1-2,4-5H,3,6-7,13H2. The minimum absolute atomic E-state index is 0.0659. The van der Waals surface area contributed by atoms with Crippen molar-refractivity contribution in [2.75, 3.05) is 0 Å². The van der Waals surface area contributed by atoms with Gasteiger partial charge in [-0.1, -0.05) is 34.1 Å². The highest BCUT2D eigenvalue weighted by molar-refractivity contribution is 9.10. The monoisotopic (exact) mass is 253 g/mol. The van der Waals surface area contributed by atoms with Gasteiger partial charge in [0, 0.05) is 10.0 Å². The van der Waals surface area contributed by atoms with E-state index in [4.69, 9.17) is 5.73 Å². The average Bonchev–Trinajstić information content (AvgIpc) is 2.14. The molecule has 74 valence electrons. The number of benzene rings is 1. The predicted octanol–water partition coefficient (Wildman–Crippen LogP) is 2.51. The predicted molar refractivity (Wildman–Crippen MR) is 59.2 cm³/mol. The van der Waals surface area contributed by atoms with Crippen LogP contribution in [0.4, 0.5) is 0 Å². The van der Waals surface area contributed by atoms with Gasteiger partial charge in [-0.3, -0.25) is 4.79 Å². The normalized spacial score (nSPS) is 18.7. The third-order valence-corrected chi connectivity index (χ3v) is 3.51. The molecule has 1 aliphatic rings. The van der Waals surface area contributed by atoms with E-state index in [0.29, 0.717) is 5.56 Å². The van der Waals surface area contributed by atoms with Crippen molar-refractivity contribution in [3.63, 3.8) is 0 Å². The van der Waals surface area contributed by atoms with E-state index in [9.17, 15) is 4.79 Å². The quantitative estimate of drug-likeness (QED) is 0.824. The van der Waals surface area contributed by atoms with Crippen molar-refractivity contribution in [1.82, 2.24) is 0 Å². The topological polar surface area (TPSA) is 43.1 Å². The number of Topliss-reactive ketones (excluding diaryl/α,β-unsaturated/α-hetero) is 1. The molecule has 0 bridgehead atoms. The van der Waals surface area contributed by atoms with Crippen LogP contribution in [0.15, 0.2) is 28.7 Å². The van der Waals surface area contributed by atoms with Gasteiger partial charge in [0.2, 0.25) is 0 Å². The molecule has 0 amide bonds.